The molecule has 1 aromatic heterocycles. The molecule has 96 valence electrons. The van der Waals surface area contributed by atoms with Crippen molar-refractivity contribution < 1.29 is 0 Å². The number of hydrogen-bond donors (Lipinski definition) is 1. The van der Waals surface area contributed by atoms with Crippen molar-refractivity contribution in [3.8, 4) is 0 Å². The molecule has 0 fully saturated rings. The highest BCUT2D eigenvalue weighted by molar-refractivity contribution is 6.35. The molecule has 0 saturated heterocycles. The number of benzene rings is 1. The van der Waals surface area contributed by atoms with Gasteiger partial charge in [0.1, 0.15) is 0 Å². The highest BCUT2D eigenvalue weighted by Gasteiger charge is 2.22. The summed E-state index contributed by atoms with van der Waals surface area (Å²) in [6.45, 7) is 3.75. The van der Waals surface area contributed by atoms with Crippen molar-refractivity contribution in [2.45, 2.75) is 19.5 Å². The van der Waals surface area contributed by atoms with E-state index in [1.165, 1.54) is 22.2 Å². The quantitative estimate of drug-likeness (QED) is 0.902. The number of nitrogens with zero attached hydrogens (tertiary/aromatic N) is 2. The third-order valence-corrected chi connectivity index (χ3v) is 4.08. The lowest BCUT2D eigenvalue weighted by molar-refractivity contribution is 0.271. The molecular weight excluding hydrogens is 246 g/mol. The number of fused-ring (bicyclic) bond motifs is 3. The Morgan fingerprint density at radius 2 is 2.17 bits per heavy atom. The van der Waals surface area contributed by atoms with Gasteiger partial charge in [-0.25, -0.2) is 0 Å². The number of likely N-dealkylation sites (N-methyl/N-ethyl adjacent to an activating group) is 1. The Hall–Kier alpha value is -1.03. The average Bonchev–Trinajstić information content (AvgIpc) is 2.66. The summed E-state index contributed by atoms with van der Waals surface area (Å²) in [4.78, 5) is 2.35. The second kappa shape index (κ2) is 4.57. The Kier molecular flexibility index (Phi) is 3.06. The van der Waals surface area contributed by atoms with Crippen molar-refractivity contribution in [1.82, 2.24) is 9.47 Å². The van der Waals surface area contributed by atoms with Crippen molar-refractivity contribution in [3.05, 3.63) is 34.5 Å². The van der Waals surface area contributed by atoms with Crippen LogP contribution in [0.15, 0.2) is 18.2 Å². The van der Waals surface area contributed by atoms with Gasteiger partial charge in [0, 0.05) is 30.7 Å². The summed E-state index contributed by atoms with van der Waals surface area (Å²) >= 11 is 6.38. The molecular formula is C14H18ClN3. The van der Waals surface area contributed by atoms with Gasteiger partial charge in [0.2, 0.25) is 0 Å². The third kappa shape index (κ3) is 1.74. The standard InChI is InChI=1S/C14H18ClN3/c1-17-7-8-18-13(9-17)10(5-6-16)11-3-2-4-12(15)14(11)18/h2-4H,5-9,16H2,1H3. The van der Waals surface area contributed by atoms with Crippen molar-refractivity contribution in [2.24, 2.45) is 5.73 Å². The zero-order chi connectivity index (χ0) is 12.7. The highest BCUT2D eigenvalue weighted by atomic mass is 35.5. The van der Waals surface area contributed by atoms with E-state index in [9.17, 15) is 0 Å². The third-order valence-electron chi connectivity index (χ3n) is 3.78. The van der Waals surface area contributed by atoms with Gasteiger partial charge in [0.15, 0.2) is 0 Å². The molecule has 0 radical (unpaired) electrons. The van der Waals surface area contributed by atoms with Crippen LogP contribution in [0.5, 0.6) is 0 Å². The van der Waals surface area contributed by atoms with Crippen LogP contribution in [0.2, 0.25) is 5.02 Å². The lowest BCUT2D eigenvalue weighted by Gasteiger charge is -2.26. The molecule has 2 aromatic rings. The minimum atomic E-state index is 0.683. The molecule has 0 spiro atoms. The Morgan fingerprint density at radius 1 is 1.33 bits per heavy atom. The topological polar surface area (TPSA) is 34.2 Å². The summed E-state index contributed by atoms with van der Waals surface area (Å²) in [5.41, 5.74) is 9.71. The Morgan fingerprint density at radius 3 is 2.94 bits per heavy atom. The Bertz CT molecular complexity index is 588. The molecule has 0 bridgehead atoms. The Labute approximate surface area is 112 Å². The zero-order valence-corrected chi connectivity index (χ0v) is 11.4. The number of nitrogens with two attached hydrogens (primary N) is 1. The van der Waals surface area contributed by atoms with Crippen molar-refractivity contribution >= 4 is 22.5 Å². The first-order valence-corrected chi connectivity index (χ1v) is 6.77. The van der Waals surface area contributed by atoms with E-state index in [0.717, 1.165) is 31.1 Å². The van der Waals surface area contributed by atoms with Crippen LogP contribution in [0, 0.1) is 0 Å². The number of para-hydroxylation sites is 1. The van der Waals surface area contributed by atoms with E-state index >= 15 is 0 Å². The van der Waals surface area contributed by atoms with E-state index < -0.39 is 0 Å². The van der Waals surface area contributed by atoms with Crippen LogP contribution >= 0.6 is 11.6 Å². The maximum Gasteiger partial charge on any atom is 0.0675 e. The molecule has 1 aliphatic heterocycles. The van der Waals surface area contributed by atoms with E-state index in [0.29, 0.717) is 6.54 Å². The molecule has 1 aliphatic rings. The van der Waals surface area contributed by atoms with E-state index in [2.05, 4.69) is 22.6 Å². The lowest BCUT2D eigenvalue weighted by Crippen LogP contribution is -2.30. The Balaban J connectivity index is 2.30. The van der Waals surface area contributed by atoms with Crippen LogP contribution in [-0.4, -0.2) is 29.6 Å². The van der Waals surface area contributed by atoms with Crippen LogP contribution in [0.4, 0.5) is 0 Å². The predicted octanol–water partition coefficient (Wildman–Crippen LogP) is 2.24. The summed E-state index contributed by atoms with van der Waals surface area (Å²) in [6.07, 6.45) is 0.924. The first-order chi connectivity index (χ1) is 8.72. The molecule has 18 heavy (non-hydrogen) atoms. The fourth-order valence-electron chi connectivity index (χ4n) is 2.94. The number of rotatable bonds is 2. The molecule has 3 nitrogen and oxygen atoms in total. The molecule has 0 atom stereocenters. The first kappa shape index (κ1) is 12.0. The fraction of sp³-hybridized carbons (Fsp3) is 0.429. The van der Waals surface area contributed by atoms with Gasteiger partial charge < -0.3 is 10.3 Å². The summed E-state index contributed by atoms with van der Waals surface area (Å²) < 4.78 is 2.38. The molecule has 0 unspecified atom stereocenters. The van der Waals surface area contributed by atoms with Gasteiger partial charge in [-0.2, -0.15) is 0 Å². The van der Waals surface area contributed by atoms with Gasteiger partial charge in [-0.05, 0) is 31.6 Å². The number of halogens is 1. The van der Waals surface area contributed by atoms with Gasteiger partial charge in [-0.3, -0.25) is 4.90 Å². The van der Waals surface area contributed by atoms with E-state index in [1.54, 1.807) is 0 Å². The van der Waals surface area contributed by atoms with Gasteiger partial charge in [0.05, 0.1) is 10.5 Å². The minimum Gasteiger partial charge on any atom is -0.341 e. The largest absolute Gasteiger partial charge is 0.341 e. The van der Waals surface area contributed by atoms with Gasteiger partial charge in [-0.15, -0.1) is 0 Å². The van der Waals surface area contributed by atoms with Crippen LogP contribution in [0.25, 0.3) is 10.9 Å². The minimum absolute atomic E-state index is 0.683. The zero-order valence-electron chi connectivity index (χ0n) is 10.6. The second-order valence-corrected chi connectivity index (χ2v) is 5.40. The molecule has 1 aromatic carbocycles. The fourth-order valence-corrected chi connectivity index (χ4v) is 3.22. The molecule has 2 N–H and O–H groups in total. The first-order valence-electron chi connectivity index (χ1n) is 6.39. The van der Waals surface area contributed by atoms with Crippen LogP contribution < -0.4 is 5.73 Å². The van der Waals surface area contributed by atoms with Crippen molar-refractivity contribution in [2.75, 3.05) is 20.1 Å². The maximum absolute atomic E-state index is 6.38. The molecule has 0 saturated carbocycles. The van der Waals surface area contributed by atoms with Crippen LogP contribution in [-0.2, 0) is 19.5 Å². The van der Waals surface area contributed by atoms with E-state index in [1.807, 2.05) is 12.1 Å². The van der Waals surface area contributed by atoms with Crippen LogP contribution in [0.1, 0.15) is 11.3 Å². The smallest absolute Gasteiger partial charge is 0.0675 e. The molecule has 0 aliphatic carbocycles. The van der Waals surface area contributed by atoms with Crippen molar-refractivity contribution in [1.29, 1.82) is 0 Å². The normalized spacial score (nSPS) is 16.2. The number of hydrogen-bond acceptors (Lipinski definition) is 2. The van der Waals surface area contributed by atoms with E-state index in [4.69, 9.17) is 17.3 Å². The maximum atomic E-state index is 6.38. The summed E-state index contributed by atoms with van der Waals surface area (Å²) in [6, 6.07) is 6.17. The highest BCUT2D eigenvalue weighted by Crippen LogP contribution is 2.33. The summed E-state index contributed by atoms with van der Waals surface area (Å²) in [5.74, 6) is 0. The van der Waals surface area contributed by atoms with E-state index in [-0.39, 0.29) is 0 Å². The molecule has 3 rings (SSSR count). The van der Waals surface area contributed by atoms with Gasteiger partial charge in [-0.1, -0.05) is 23.7 Å². The van der Waals surface area contributed by atoms with Crippen LogP contribution in [0.3, 0.4) is 0 Å². The lowest BCUT2D eigenvalue weighted by atomic mass is 10.1. The van der Waals surface area contributed by atoms with Crippen molar-refractivity contribution in [3.63, 3.8) is 0 Å². The van der Waals surface area contributed by atoms with Gasteiger partial charge in [0.25, 0.3) is 0 Å². The molecule has 2 heterocycles. The second-order valence-electron chi connectivity index (χ2n) is 4.99. The molecule has 4 heteroatoms. The molecule has 0 amide bonds. The SMILES string of the molecule is CN1CCn2c(c(CCN)c3cccc(Cl)c32)C1. The summed E-state index contributed by atoms with van der Waals surface area (Å²) in [7, 11) is 2.16. The average molecular weight is 264 g/mol. The van der Waals surface area contributed by atoms with Gasteiger partial charge >= 0.3 is 0 Å². The monoisotopic (exact) mass is 263 g/mol. The number of aromatic nitrogens is 1. The predicted molar refractivity (Wildman–Crippen MR) is 76.0 cm³/mol. The summed E-state index contributed by atoms with van der Waals surface area (Å²) in [5, 5.41) is 2.12.